The van der Waals surface area contributed by atoms with Crippen molar-refractivity contribution in [2.75, 3.05) is 11.1 Å². The number of hydrogen-bond donors (Lipinski definition) is 1. The summed E-state index contributed by atoms with van der Waals surface area (Å²) in [7, 11) is 0. The maximum Gasteiger partial charge on any atom is 0.234 e. The molecule has 1 aromatic heterocycles. The second kappa shape index (κ2) is 8.33. The summed E-state index contributed by atoms with van der Waals surface area (Å²) in [6, 6.07) is 8.09. The molecule has 3 rings (SSSR count). The molecule has 2 heterocycles. The van der Waals surface area contributed by atoms with Gasteiger partial charge in [-0.3, -0.25) is 4.79 Å². The molecule has 0 fully saturated rings. The van der Waals surface area contributed by atoms with Gasteiger partial charge in [0.1, 0.15) is 5.82 Å². The molecule has 0 atom stereocenters. The lowest BCUT2D eigenvalue weighted by atomic mass is 10.1. The number of nitrogens with one attached hydrogen (secondary N) is 1. The molecule has 1 amide bonds. The molecule has 5 nitrogen and oxygen atoms in total. The molecule has 0 saturated carbocycles. The Balaban J connectivity index is 1.53. The fourth-order valence-electron chi connectivity index (χ4n) is 2.94. The van der Waals surface area contributed by atoms with Crippen LogP contribution in [0.15, 0.2) is 29.4 Å². The first-order valence-corrected chi connectivity index (χ1v) is 9.68. The monoisotopic (exact) mass is 344 g/mol. The van der Waals surface area contributed by atoms with E-state index < -0.39 is 0 Å². The first-order valence-electron chi connectivity index (χ1n) is 8.70. The topological polar surface area (TPSA) is 59.8 Å². The van der Waals surface area contributed by atoms with Crippen molar-refractivity contribution >= 4 is 23.4 Å². The highest BCUT2D eigenvalue weighted by atomic mass is 32.2. The highest BCUT2D eigenvalue weighted by Crippen LogP contribution is 2.22. The Labute approximate surface area is 147 Å². The van der Waals surface area contributed by atoms with Crippen LogP contribution in [0.25, 0.3) is 0 Å². The summed E-state index contributed by atoms with van der Waals surface area (Å²) in [6.45, 7) is 3.13. The Morgan fingerprint density at radius 2 is 2.04 bits per heavy atom. The number of aromatic nitrogens is 3. The minimum atomic E-state index is -0.00536. The van der Waals surface area contributed by atoms with Gasteiger partial charge >= 0.3 is 0 Å². The number of fused-ring (bicyclic) bond motifs is 1. The maximum atomic E-state index is 12.2. The third-order valence-corrected chi connectivity index (χ3v) is 5.15. The number of nitrogens with zero attached hydrogens (tertiary/aromatic N) is 3. The predicted molar refractivity (Wildman–Crippen MR) is 97.4 cm³/mol. The van der Waals surface area contributed by atoms with E-state index in [1.165, 1.54) is 30.2 Å². The number of thioether (sulfide) groups is 1. The van der Waals surface area contributed by atoms with Gasteiger partial charge in [0.15, 0.2) is 5.16 Å². The van der Waals surface area contributed by atoms with E-state index in [9.17, 15) is 4.79 Å². The minimum Gasteiger partial charge on any atom is -0.325 e. The third kappa shape index (κ3) is 4.38. The van der Waals surface area contributed by atoms with Crippen molar-refractivity contribution in [3.05, 3.63) is 35.7 Å². The molecule has 0 bridgehead atoms. The molecular formula is C18H24N4OS. The molecule has 2 aromatic rings. The second-order valence-electron chi connectivity index (χ2n) is 6.14. The minimum absolute atomic E-state index is 0.00536. The lowest BCUT2D eigenvalue weighted by Crippen LogP contribution is -2.14. The van der Waals surface area contributed by atoms with Crippen molar-refractivity contribution in [3.8, 4) is 0 Å². The van der Waals surface area contributed by atoms with Crippen LogP contribution in [0.2, 0.25) is 0 Å². The predicted octanol–water partition coefficient (Wildman–Crippen LogP) is 3.69. The quantitative estimate of drug-likeness (QED) is 0.812. The van der Waals surface area contributed by atoms with E-state index in [4.69, 9.17) is 0 Å². The zero-order valence-corrected chi connectivity index (χ0v) is 14.9. The van der Waals surface area contributed by atoms with Crippen LogP contribution in [0, 0.1) is 0 Å². The molecule has 1 aliphatic heterocycles. The molecule has 6 heteroatoms. The number of rotatable bonds is 6. The third-order valence-electron chi connectivity index (χ3n) is 4.18. The summed E-state index contributed by atoms with van der Waals surface area (Å²) >= 11 is 1.47. The maximum absolute atomic E-state index is 12.2. The lowest BCUT2D eigenvalue weighted by Gasteiger charge is -2.08. The van der Waals surface area contributed by atoms with Gasteiger partial charge in [-0.1, -0.05) is 43.7 Å². The van der Waals surface area contributed by atoms with E-state index in [1.807, 2.05) is 12.1 Å². The number of hydrogen-bond acceptors (Lipinski definition) is 4. The van der Waals surface area contributed by atoms with Gasteiger partial charge in [-0.05, 0) is 37.0 Å². The Hall–Kier alpha value is -1.82. The fourth-order valence-corrected chi connectivity index (χ4v) is 3.72. The van der Waals surface area contributed by atoms with E-state index in [2.05, 4.69) is 39.1 Å². The van der Waals surface area contributed by atoms with Crippen LogP contribution in [0.3, 0.4) is 0 Å². The van der Waals surface area contributed by atoms with Gasteiger partial charge in [0.05, 0.1) is 5.75 Å². The van der Waals surface area contributed by atoms with Crippen LogP contribution >= 0.6 is 11.8 Å². The van der Waals surface area contributed by atoms with Gasteiger partial charge in [0.2, 0.25) is 5.91 Å². The van der Waals surface area contributed by atoms with Crippen LogP contribution in [0.4, 0.5) is 5.69 Å². The van der Waals surface area contributed by atoms with E-state index in [1.54, 1.807) is 0 Å². The van der Waals surface area contributed by atoms with Gasteiger partial charge in [0, 0.05) is 18.7 Å². The SMILES string of the molecule is CCCc1ccc(NC(=O)CSc2nnc3n2CCCCC3)cc1. The summed E-state index contributed by atoms with van der Waals surface area (Å²) in [6.07, 6.45) is 6.77. The first-order chi connectivity index (χ1) is 11.8. The van der Waals surface area contributed by atoms with E-state index in [0.717, 1.165) is 48.9 Å². The molecule has 24 heavy (non-hydrogen) atoms. The average molecular weight is 344 g/mol. The van der Waals surface area contributed by atoms with Crippen molar-refractivity contribution in [2.24, 2.45) is 0 Å². The molecule has 1 N–H and O–H groups in total. The standard InChI is InChI=1S/C18H24N4OS/c1-2-6-14-8-10-15(11-9-14)19-17(23)13-24-18-21-20-16-7-4-3-5-12-22(16)18/h8-11H,2-7,12-13H2,1H3,(H,19,23). The Morgan fingerprint density at radius 1 is 1.21 bits per heavy atom. The second-order valence-corrected chi connectivity index (χ2v) is 7.09. The van der Waals surface area contributed by atoms with Gasteiger partial charge in [-0.25, -0.2) is 0 Å². The van der Waals surface area contributed by atoms with Crippen molar-refractivity contribution in [2.45, 2.75) is 57.1 Å². The summed E-state index contributed by atoms with van der Waals surface area (Å²) in [5.74, 6) is 1.41. The molecule has 0 aliphatic carbocycles. The highest BCUT2D eigenvalue weighted by molar-refractivity contribution is 7.99. The van der Waals surface area contributed by atoms with Gasteiger partial charge < -0.3 is 9.88 Å². The fraction of sp³-hybridized carbons (Fsp3) is 0.500. The zero-order valence-electron chi connectivity index (χ0n) is 14.1. The van der Waals surface area contributed by atoms with E-state index >= 15 is 0 Å². The van der Waals surface area contributed by atoms with Gasteiger partial charge in [-0.15, -0.1) is 10.2 Å². The molecule has 1 aliphatic rings. The van der Waals surface area contributed by atoms with E-state index in [0.29, 0.717) is 5.75 Å². The number of carbonyl (C=O) groups is 1. The largest absolute Gasteiger partial charge is 0.325 e. The molecular weight excluding hydrogens is 320 g/mol. The molecule has 0 spiro atoms. The number of amides is 1. The highest BCUT2D eigenvalue weighted by Gasteiger charge is 2.16. The van der Waals surface area contributed by atoms with Crippen LogP contribution < -0.4 is 5.32 Å². The molecule has 0 saturated heterocycles. The van der Waals surface area contributed by atoms with Gasteiger partial charge in [0.25, 0.3) is 0 Å². The van der Waals surface area contributed by atoms with Crippen molar-refractivity contribution < 1.29 is 4.79 Å². The van der Waals surface area contributed by atoms with Crippen molar-refractivity contribution in [1.82, 2.24) is 14.8 Å². The zero-order chi connectivity index (χ0) is 16.8. The summed E-state index contributed by atoms with van der Waals surface area (Å²) in [5.41, 5.74) is 2.15. The van der Waals surface area contributed by atoms with Crippen LogP contribution in [-0.2, 0) is 24.2 Å². The van der Waals surface area contributed by atoms with Crippen LogP contribution in [-0.4, -0.2) is 26.4 Å². The van der Waals surface area contributed by atoms with Crippen molar-refractivity contribution in [1.29, 1.82) is 0 Å². The Bertz CT molecular complexity index is 681. The first kappa shape index (κ1) is 17.0. The van der Waals surface area contributed by atoms with E-state index in [-0.39, 0.29) is 5.91 Å². The summed E-state index contributed by atoms with van der Waals surface area (Å²) in [5, 5.41) is 12.3. The van der Waals surface area contributed by atoms with Crippen LogP contribution in [0.1, 0.15) is 44.0 Å². The Kier molecular flexibility index (Phi) is 5.91. The lowest BCUT2D eigenvalue weighted by molar-refractivity contribution is -0.113. The van der Waals surface area contributed by atoms with Crippen molar-refractivity contribution in [3.63, 3.8) is 0 Å². The molecule has 128 valence electrons. The molecule has 0 unspecified atom stereocenters. The number of benzene rings is 1. The Morgan fingerprint density at radius 3 is 2.83 bits per heavy atom. The van der Waals surface area contributed by atoms with Gasteiger partial charge in [-0.2, -0.15) is 0 Å². The smallest absolute Gasteiger partial charge is 0.234 e. The molecule has 1 aromatic carbocycles. The summed E-state index contributed by atoms with van der Waals surface area (Å²) < 4.78 is 2.17. The molecule has 0 radical (unpaired) electrons. The number of carbonyl (C=O) groups excluding carboxylic acids is 1. The number of aryl methyl sites for hydroxylation is 2. The number of anilines is 1. The van der Waals surface area contributed by atoms with Crippen LogP contribution in [0.5, 0.6) is 0 Å². The summed E-state index contributed by atoms with van der Waals surface area (Å²) in [4.78, 5) is 12.2. The average Bonchev–Trinajstić information content (AvgIpc) is 2.82. The normalized spacial score (nSPS) is 14.0.